The zero-order valence-electron chi connectivity index (χ0n) is 14.9. The first kappa shape index (κ1) is 17.2. The second kappa shape index (κ2) is 7.56. The third kappa shape index (κ3) is 3.27. The standard InChI is InChI=1S/C25H21NO/c27-25(22-15-8-3-9-16-22,23-17-10-18-26-19-23)24(20-11-4-1-5-12-20)21-13-6-2-7-14-21/h1-19,24,27H. The number of hydrogen-bond donors (Lipinski definition) is 1. The molecule has 1 N–H and O–H groups in total. The smallest absolute Gasteiger partial charge is 0.127 e. The normalized spacial score (nSPS) is 13.3. The Morgan fingerprint density at radius 2 is 1.07 bits per heavy atom. The van der Waals surface area contributed by atoms with Gasteiger partial charge in [0.2, 0.25) is 0 Å². The first-order chi connectivity index (χ1) is 13.3. The molecule has 2 heteroatoms. The second-order valence-electron chi connectivity index (χ2n) is 6.63. The molecule has 1 aromatic heterocycles. The molecule has 0 spiro atoms. The quantitative estimate of drug-likeness (QED) is 0.539. The Balaban J connectivity index is 2.01. The Hall–Kier alpha value is -3.23. The van der Waals surface area contributed by atoms with Crippen molar-refractivity contribution in [2.75, 3.05) is 0 Å². The maximum Gasteiger partial charge on any atom is 0.127 e. The van der Waals surface area contributed by atoms with Crippen LogP contribution in [-0.2, 0) is 5.60 Å². The van der Waals surface area contributed by atoms with Crippen molar-refractivity contribution in [1.29, 1.82) is 0 Å². The number of benzene rings is 3. The molecule has 3 aromatic carbocycles. The summed E-state index contributed by atoms with van der Waals surface area (Å²) in [5.41, 5.74) is 2.47. The van der Waals surface area contributed by atoms with Gasteiger partial charge in [0.1, 0.15) is 5.60 Å². The van der Waals surface area contributed by atoms with Crippen LogP contribution in [0.2, 0.25) is 0 Å². The molecule has 0 bridgehead atoms. The third-order valence-corrected chi connectivity index (χ3v) is 5.00. The molecule has 0 aliphatic rings. The van der Waals surface area contributed by atoms with Crippen molar-refractivity contribution in [3.8, 4) is 0 Å². The van der Waals surface area contributed by atoms with Gasteiger partial charge in [-0.1, -0.05) is 97.1 Å². The molecule has 0 amide bonds. The highest BCUT2D eigenvalue weighted by Gasteiger charge is 2.42. The van der Waals surface area contributed by atoms with Gasteiger partial charge in [-0.2, -0.15) is 0 Å². The molecular weight excluding hydrogens is 330 g/mol. The summed E-state index contributed by atoms with van der Waals surface area (Å²) in [6.07, 6.45) is 3.49. The predicted octanol–water partition coefficient (Wildman–Crippen LogP) is 5.15. The fourth-order valence-electron chi connectivity index (χ4n) is 3.75. The Bertz CT molecular complexity index is 891. The van der Waals surface area contributed by atoms with E-state index in [-0.39, 0.29) is 5.92 Å². The van der Waals surface area contributed by atoms with Gasteiger partial charge in [0.25, 0.3) is 0 Å². The summed E-state index contributed by atoms with van der Waals surface area (Å²) >= 11 is 0. The monoisotopic (exact) mass is 351 g/mol. The topological polar surface area (TPSA) is 33.1 Å². The number of aromatic nitrogens is 1. The van der Waals surface area contributed by atoms with Gasteiger partial charge in [0, 0.05) is 23.9 Å². The lowest BCUT2D eigenvalue weighted by Crippen LogP contribution is -2.35. The first-order valence-corrected chi connectivity index (χ1v) is 9.08. The predicted molar refractivity (Wildman–Crippen MR) is 108 cm³/mol. The van der Waals surface area contributed by atoms with E-state index in [1.165, 1.54) is 0 Å². The van der Waals surface area contributed by atoms with Crippen molar-refractivity contribution >= 4 is 0 Å². The molecule has 2 nitrogen and oxygen atoms in total. The summed E-state index contributed by atoms with van der Waals surface area (Å²) in [6, 6.07) is 34.0. The number of rotatable bonds is 5. The molecule has 27 heavy (non-hydrogen) atoms. The van der Waals surface area contributed by atoms with Crippen molar-refractivity contribution in [2.24, 2.45) is 0 Å². The maximum absolute atomic E-state index is 12.3. The second-order valence-corrected chi connectivity index (χ2v) is 6.63. The molecule has 0 saturated carbocycles. The summed E-state index contributed by atoms with van der Waals surface area (Å²) in [7, 11) is 0. The van der Waals surface area contributed by atoms with Crippen LogP contribution >= 0.6 is 0 Å². The summed E-state index contributed by atoms with van der Waals surface area (Å²) in [4.78, 5) is 4.29. The number of pyridine rings is 1. The van der Waals surface area contributed by atoms with Crippen molar-refractivity contribution in [3.63, 3.8) is 0 Å². The van der Waals surface area contributed by atoms with Gasteiger partial charge in [-0.3, -0.25) is 4.98 Å². The van der Waals surface area contributed by atoms with Crippen LogP contribution in [-0.4, -0.2) is 10.1 Å². The number of nitrogens with zero attached hydrogens (tertiary/aromatic N) is 1. The van der Waals surface area contributed by atoms with E-state index in [9.17, 15) is 5.11 Å². The van der Waals surface area contributed by atoms with E-state index in [1.807, 2.05) is 78.9 Å². The van der Waals surface area contributed by atoms with Gasteiger partial charge in [-0.25, -0.2) is 0 Å². The van der Waals surface area contributed by atoms with Crippen LogP contribution in [0.3, 0.4) is 0 Å². The van der Waals surface area contributed by atoms with Gasteiger partial charge in [-0.15, -0.1) is 0 Å². The van der Waals surface area contributed by atoms with E-state index in [4.69, 9.17) is 0 Å². The van der Waals surface area contributed by atoms with Crippen LogP contribution in [0.1, 0.15) is 28.2 Å². The molecule has 132 valence electrons. The Kier molecular flexibility index (Phi) is 4.82. The van der Waals surface area contributed by atoms with Crippen LogP contribution in [0, 0.1) is 0 Å². The van der Waals surface area contributed by atoms with Crippen LogP contribution in [0.5, 0.6) is 0 Å². The van der Waals surface area contributed by atoms with Gasteiger partial charge >= 0.3 is 0 Å². The third-order valence-electron chi connectivity index (χ3n) is 5.00. The van der Waals surface area contributed by atoms with E-state index in [2.05, 4.69) is 29.2 Å². The molecule has 0 saturated heterocycles. The molecule has 1 heterocycles. The molecule has 1 unspecified atom stereocenters. The Morgan fingerprint density at radius 1 is 0.593 bits per heavy atom. The molecule has 4 aromatic rings. The minimum absolute atomic E-state index is 0.272. The number of aliphatic hydroxyl groups is 1. The van der Waals surface area contributed by atoms with Gasteiger partial charge < -0.3 is 5.11 Å². The minimum atomic E-state index is -1.25. The molecular formula is C25H21NO. The molecule has 0 aliphatic carbocycles. The number of hydrogen-bond acceptors (Lipinski definition) is 2. The van der Waals surface area contributed by atoms with E-state index in [0.29, 0.717) is 0 Å². The zero-order valence-corrected chi connectivity index (χ0v) is 14.9. The average Bonchev–Trinajstić information content (AvgIpc) is 2.76. The van der Waals surface area contributed by atoms with Gasteiger partial charge in [0.05, 0.1) is 0 Å². The highest BCUT2D eigenvalue weighted by atomic mass is 16.3. The fraction of sp³-hybridized carbons (Fsp3) is 0.0800. The SMILES string of the molecule is OC(c1ccccc1)(c1cccnc1)C(c1ccccc1)c1ccccc1. The highest BCUT2D eigenvalue weighted by Crippen LogP contribution is 2.45. The van der Waals surface area contributed by atoms with E-state index in [1.54, 1.807) is 12.4 Å². The van der Waals surface area contributed by atoms with Crippen LogP contribution < -0.4 is 0 Å². The van der Waals surface area contributed by atoms with E-state index < -0.39 is 5.60 Å². The lowest BCUT2D eigenvalue weighted by molar-refractivity contribution is 0.0621. The Labute approximate surface area is 159 Å². The van der Waals surface area contributed by atoms with Gasteiger partial charge in [0.15, 0.2) is 0 Å². The maximum atomic E-state index is 12.3. The highest BCUT2D eigenvalue weighted by molar-refractivity contribution is 5.46. The van der Waals surface area contributed by atoms with E-state index >= 15 is 0 Å². The van der Waals surface area contributed by atoms with Crippen molar-refractivity contribution in [2.45, 2.75) is 11.5 Å². The largest absolute Gasteiger partial charge is 0.379 e. The lowest BCUT2D eigenvalue weighted by atomic mass is 9.70. The fourth-order valence-corrected chi connectivity index (χ4v) is 3.75. The van der Waals surface area contributed by atoms with Crippen molar-refractivity contribution in [1.82, 2.24) is 4.98 Å². The lowest BCUT2D eigenvalue weighted by Gasteiger charge is -2.38. The summed E-state index contributed by atoms with van der Waals surface area (Å²) in [5, 5.41) is 12.3. The van der Waals surface area contributed by atoms with Crippen molar-refractivity contribution in [3.05, 3.63) is 138 Å². The summed E-state index contributed by atoms with van der Waals surface area (Å²) in [6.45, 7) is 0. The summed E-state index contributed by atoms with van der Waals surface area (Å²) in [5.74, 6) is -0.272. The molecule has 0 aliphatic heterocycles. The van der Waals surface area contributed by atoms with Crippen LogP contribution in [0.15, 0.2) is 116 Å². The average molecular weight is 351 g/mol. The van der Waals surface area contributed by atoms with Crippen molar-refractivity contribution < 1.29 is 5.11 Å². The van der Waals surface area contributed by atoms with Gasteiger partial charge in [-0.05, 0) is 22.8 Å². The van der Waals surface area contributed by atoms with Crippen LogP contribution in [0.4, 0.5) is 0 Å². The first-order valence-electron chi connectivity index (χ1n) is 9.08. The Morgan fingerprint density at radius 3 is 1.56 bits per heavy atom. The zero-order chi connectivity index (χ0) is 18.5. The minimum Gasteiger partial charge on any atom is -0.379 e. The molecule has 0 fully saturated rings. The van der Waals surface area contributed by atoms with Crippen LogP contribution in [0.25, 0.3) is 0 Å². The molecule has 4 rings (SSSR count). The molecule has 0 radical (unpaired) electrons. The summed E-state index contributed by atoms with van der Waals surface area (Å²) < 4.78 is 0. The van der Waals surface area contributed by atoms with E-state index in [0.717, 1.165) is 22.3 Å². The molecule has 1 atom stereocenters.